The fourth-order valence-corrected chi connectivity index (χ4v) is 2.44. The van der Waals surface area contributed by atoms with Crippen LogP contribution in [0.3, 0.4) is 0 Å². The molecule has 1 fully saturated rings. The van der Waals surface area contributed by atoms with E-state index >= 15 is 0 Å². The molecule has 0 saturated heterocycles. The second-order valence-electron chi connectivity index (χ2n) is 5.27. The molecule has 0 aromatic carbocycles. The first-order chi connectivity index (χ1) is 8.77. The van der Waals surface area contributed by atoms with Gasteiger partial charge in [0.15, 0.2) is 0 Å². The SMILES string of the molecule is COCCCOCCNCC1(O)CCCCCC1. The van der Waals surface area contributed by atoms with Crippen molar-refractivity contribution in [2.45, 2.75) is 50.5 Å². The van der Waals surface area contributed by atoms with Gasteiger partial charge in [0.1, 0.15) is 0 Å². The Kier molecular flexibility index (Phi) is 8.59. The lowest BCUT2D eigenvalue weighted by Gasteiger charge is -2.26. The Balaban J connectivity index is 1.95. The average Bonchev–Trinajstić information content (AvgIpc) is 2.58. The maximum absolute atomic E-state index is 10.4. The van der Waals surface area contributed by atoms with Crippen molar-refractivity contribution in [2.24, 2.45) is 0 Å². The number of rotatable bonds is 9. The van der Waals surface area contributed by atoms with E-state index in [0.29, 0.717) is 13.2 Å². The zero-order valence-corrected chi connectivity index (χ0v) is 11.7. The van der Waals surface area contributed by atoms with E-state index in [4.69, 9.17) is 9.47 Å². The minimum atomic E-state index is -0.480. The maximum Gasteiger partial charge on any atom is 0.0771 e. The van der Waals surface area contributed by atoms with Gasteiger partial charge in [0.2, 0.25) is 0 Å². The van der Waals surface area contributed by atoms with Gasteiger partial charge in [0.25, 0.3) is 0 Å². The second-order valence-corrected chi connectivity index (χ2v) is 5.27. The molecule has 0 amide bonds. The normalized spacial score (nSPS) is 19.7. The molecule has 1 rings (SSSR count). The lowest BCUT2D eigenvalue weighted by atomic mass is 9.94. The monoisotopic (exact) mass is 259 g/mol. The zero-order valence-electron chi connectivity index (χ0n) is 11.7. The fraction of sp³-hybridized carbons (Fsp3) is 1.00. The summed E-state index contributed by atoms with van der Waals surface area (Å²) in [6, 6.07) is 0. The number of nitrogens with one attached hydrogen (secondary N) is 1. The van der Waals surface area contributed by atoms with Crippen LogP contribution >= 0.6 is 0 Å². The summed E-state index contributed by atoms with van der Waals surface area (Å²) in [7, 11) is 1.70. The third kappa shape index (κ3) is 7.31. The Bertz CT molecular complexity index is 191. The molecule has 0 aliphatic heterocycles. The van der Waals surface area contributed by atoms with E-state index in [2.05, 4.69) is 5.32 Å². The van der Waals surface area contributed by atoms with Gasteiger partial charge in [-0.25, -0.2) is 0 Å². The molecule has 4 nitrogen and oxygen atoms in total. The first kappa shape index (κ1) is 15.9. The van der Waals surface area contributed by atoms with Gasteiger partial charge in [-0.1, -0.05) is 25.7 Å². The third-order valence-corrected chi connectivity index (χ3v) is 3.55. The van der Waals surface area contributed by atoms with Crippen molar-refractivity contribution in [1.82, 2.24) is 5.32 Å². The van der Waals surface area contributed by atoms with E-state index in [0.717, 1.165) is 51.9 Å². The molecule has 0 atom stereocenters. The molecule has 0 bridgehead atoms. The van der Waals surface area contributed by atoms with Crippen molar-refractivity contribution in [3.05, 3.63) is 0 Å². The minimum absolute atomic E-state index is 0.480. The van der Waals surface area contributed by atoms with Crippen molar-refractivity contribution >= 4 is 0 Å². The van der Waals surface area contributed by atoms with Crippen molar-refractivity contribution in [3.63, 3.8) is 0 Å². The molecular weight excluding hydrogens is 230 g/mol. The summed E-state index contributed by atoms with van der Waals surface area (Å²) in [6.07, 6.45) is 7.68. The van der Waals surface area contributed by atoms with Gasteiger partial charge in [-0.2, -0.15) is 0 Å². The van der Waals surface area contributed by atoms with Crippen LogP contribution in [0.5, 0.6) is 0 Å². The highest BCUT2D eigenvalue weighted by atomic mass is 16.5. The van der Waals surface area contributed by atoms with Gasteiger partial charge in [0.05, 0.1) is 12.2 Å². The van der Waals surface area contributed by atoms with Gasteiger partial charge in [-0.05, 0) is 19.3 Å². The van der Waals surface area contributed by atoms with E-state index in [1.54, 1.807) is 7.11 Å². The first-order valence-corrected chi connectivity index (χ1v) is 7.27. The zero-order chi connectivity index (χ0) is 13.1. The molecule has 2 N–H and O–H groups in total. The van der Waals surface area contributed by atoms with Crippen LogP contribution in [0.25, 0.3) is 0 Å². The van der Waals surface area contributed by atoms with Crippen LogP contribution in [0, 0.1) is 0 Å². The molecule has 0 heterocycles. The van der Waals surface area contributed by atoms with E-state index in [1.165, 1.54) is 12.8 Å². The van der Waals surface area contributed by atoms with E-state index in [-0.39, 0.29) is 0 Å². The summed E-state index contributed by atoms with van der Waals surface area (Å²) in [5.41, 5.74) is -0.480. The molecule has 108 valence electrons. The molecule has 0 aromatic rings. The number of methoxy groups -OCH3 is 1. The highest BCUT2D eigenvalue weighted by molar-refractivity contribution is 4.82. The summed E-state index contributed by atoms with van der Waals surface area (Å²) in [4.78, 5) is 0. The van der Waals surface area contributed by atoms with Gasteiger partial charge < -0.3 is 19.9 Å². The Morgan fingerprint density at radius 2 is 1.78 bits per heavy atom. The molecule has 0 aromatic heterocycles. The van der Waals surface area contributed by atoms with E-state index in [9.17, 15) is 5.11 Å². The summed E-state index contributed by atoms with van der Waals surface area (Å²) in [5, 5.41) is 13.7. The topological polar surface area (TPSA) is 50.7 Å². The Morgan fingerprint density at radius 3 is 2.44 bits per heavy atom. The highest BCUT2D eigenvalue weighted by Crippen LogP contribution is 2.26. The first-order valence-electron chi connectivity index (χ1n) is 7.27. The van der Waals surface area contributed by atoms with Crippen LogP contribution in [-0.4, -0.2) is 50.7 Å². The number of hydrogen-bond donors (Lipinski definition) is 2. The molecule has 0 radical (unpaired) electrons. The van der Waals surface area contributed by atoms with E-state index in [1.807, 2.05) is 0 Å². The van der Waals surface area contributed by atoms with Crippen LogP contribution in [0.4, 0.5) is 0 Å². The van der Waals surface area contributed by atoms with Crippen LogP contribution in [0.1, 0.15) is 44.9 Å². The van der Waals surface area contributed by atoms with Crippen molar-refractivity contribution < 1.29 is 14.6 Å². The van der Waals surface area contributed by atoms with Crippen LogP contribution < -0.4 is 5.32 Å². The number of ether oxygens (including phenoxy) is 2. The molecule has 0 spiro atoms. The summed E-state index contributed by atoms with van der Waals surface area (Å²) in [6.45, 7) is 3.73. The average molecular weight is 259 g/mol. The van der Waals surface area contributed by atoms with Crippen molar-refractivity contribution in [2.75, 3.05) is 40.0 Å². The second kappa shape index (κ2) is 9.73. The number of hydrogen-bond acceptors (Lipinski definition) is 4. The fourth-order valence-electron chi connectivity index (χ4n) is 2.44. The Morgan fingerprint density at radius 1 is 1.06 bits per heavy atom. The van der Waals surface area contributed by atoms with E-state index < -0.39 is 5.60 Å². The van der Waals surface area contributed by atoms with Crippen molar-refractivity contribution in [1.29, 1.82) is 0 Å². The van der Waals surface area contributed by atoms with Gasteiger partial charge in [-0.15, -0.1) is 0 Å². The lowest BCUT2D eigenvalue weighted by Crippen LogP contribution is -2.41. The van der Waals surface area contributed by atoms with Gasteiger partial charge in [0, 0.05) is 33.4 Å². The molecule has 4 heteroatoms. The minimum Gasteiger partial charge on any atom is -0.389 e. The predicted molar refractivity (Wildman–Crippen MR) is 72.8 cm³/mol. The largest absolute Gasteiger partial charge is 0.389 e. The standard InChI is InChI=1S/C14H29NO3/c1-17-10-6-11-18-12-9-15-13-14(16)7-4-2-3-5-8-14/h15-16H,2-13H2,1H3. The smallest absolute Gasteiger partial charge is 0.0771 e. The molecule has 1 saturated carbocycles. The lowest BCUT2D eigenvalue weighted by molar-refractivity contribution is 0.0229. The van der Waals surface area contributed by atoms with Crippen molar-refractivity contribution in [3.8, 4) is 0 Å². The number of aliphatic hydroxyl groups is 1. The molecule has 0 unspecified atom stereocenters. The Hall–Kier alpha value is -0.160. The quantitative estimate of drug-likeness (QED) is 0.489. The summed E-state index contributed by atoms with van der Waals surface area (Å²) >= 11 is 0. The predicted octanol–water partition coefficient (Wildman–Crippen LogP) is 1.71. The molecular formula is C14H29NO3. The van der Waals surface area contributed by atoms with Gasteiger partial charge >= 0.3 is 0 Å². The maximum atomic E-state index is 10.4. The molecule has 1 aliphatic carbocycles. The van der Waals surface area contributed by atoms with Crippen LogP contribution in [0.2, 0.25) is 0 Å². The summed E-state index contributed by atoms with van der Waals surface area (Å²) in [5.74, 6) is 0. The molecule has 18 heavy (non-hydrogen) atoms. The van der Waals surface area contributed by atoms with Crippen LogP contribution in [0.15, 0.2) is 0 Å². The summed E-state index contributed by atoms with van der Waals surface area (Å²) < 4.78 is 10.4. The third-order valence-electron chi connectivity index (χ3n) is 3.55. The van der Waals surface area contributed by atoms with Crippen LogP contribution in [-0.2, 0) is 9.47 Å². The van der Waals surface area contributed by atoms with Gasteiger partial charge in [-0.3, -0.25) is 0 Å². The molecule has 1 aliphatic rings. The highest BCUT2D eigenvalue weighted by Gasteiger charge is 2.26. The Labute approximate surface area is 111 Å².